The number of carboxylic acids is 1. The van der Waals surface area contributed by atoms with Crippen LogP contribution in [0.2, 0.25) is 0 Å². The van der Waals surface area contributed by atoms with E-state index in [2.05, 4.69) is 17.1 Å². The van der Waals surface area contributed by atoms with Gasteiger partial charge in [0.05, 0.1) is 17.5 Å². The third kappa shape index (κ3) is 5.07. The van der Waals surface area contributed by atoms with Gasteiger partial charge in [-0.25, -0.2) is 4.98 Å². The Morgan fingerprint density at radius 2 is 1.87 bits per heavy atom. The van der Waals surface area contributed by atoms with Gasteiger partial charge in [0.1, 0.15) is 28.2 Å². The highest BCUT2D eigenvalue weighted by molar-refractivity contribution is 8.00. The fourth-order valence-electron chi connectivity index (χ4n) is 2.94. The summed E-state index contributed by atoms with van der Waals surface area (Å²) in [5, 5.41) is 27.9. The van der Waals surface area contributed by atoms with Gasteiger partial charge in [-0.3, -0.25) is 9.59 Å². The van der Waals surface area contributed by atoms with Crippen molar-refractivity contribution in [3.05, 3.63) is 52.6 Å². The number of primary amides is 1. The SMILES string of the molecule is CCc1c(C#N)c(SC(C(N)=O)c2ccccc2)nc(N(C)CCC(=O)O)c1C#N. The number of carboxylic acid groups (broad SMARTS) is 1. The molecule has 0 aliphatic heterocycles. The van der Waals surface area contributed by atoms with Gasteiger partial charge in [0.2, 0.25) is 5.91 Å². The number of hydrogen-bond acceptors (Lipinski definition) is 7. The minimum Gasteiger partial charge on any atom is -0.481 e. The lowest BCUT2D eigenvalue weighted by Gasteiger charge is -2.23. The standard InChI is InChI=1S/C21H21N5O3S/c1-3-14-15(11-22)20(26(2)10-9-17(27)28)25-21(16(14)12-23)30-18(19(24)29)13-7-5-4-6-8-13/h4-8,18H,3,9-10H2,1-2H3,(H2,24,29)(H,27,28). The number of nitriles is 2. The summed E-state index contributed by atoms with van der Waals surface area (Å²) < 4.78 is 0. The van der Waals surface area contributed by atoms with Gasteiger partial charge in [0, 0.05) is 13.6 Å². The molecule has 0 aliphatic carbocycles. The Balaban J connectivity index is 2.61. The van der Waals surface area contributed by atoms with Crippen molar-refractivity contribution in [2.24, 2.45) is 5.73 Å². The molecule has 8 nitrogen and oxygen atoms in total. The van der Waals surface area contributed by atoms with E-state index in [-0.39, 0.29) is 34.9 Å². The number of benzene rings is 1. The molecule has 9 heteroatoms. The molecule has 1 amide bonds. The molecule has 1 aromatic heterocycles. The highest BCUT2D eigenvalue weighted by Crippen LogP contribution is 2.39. The molecular weight excluding hydrogens is 402 g/mol. The first kappa shape index (κ1) is 22.7. The quantitative estimate of drug-likeness (QED) is 0.586. The third-order valence-electron chi connectivity index (χ3n) is 4.44. The number of nitrogens with two attached hydrogens (primary N) is 1. The smallest absolute Gasteiger partial charge is 0.305 e. The van der Waals surface area contributed by atoms with Crippen molar-refractivity contribution in [1.29, 1.82) is 10.5 Å². The van der Waals surface area contributed by atoms with Gasteiger partial charge in [0.25, 0.3) is 0 Å². The first-order valence-corrected chi connectivity index (χ1v) is 10.0. The van der Waals surface area contributed by atoms with E-state index in [0.29, 0.717) is 17.5 Å². The molecule has 3 N–H and O–H groups in total. The Kier molecular flexibility index (Phi) is 7.79. The van der Waals surface area contributed by atoms with Crippen molar-refractivity contribution in [3.8, 4) is 12.1 Å². The predicted molar refractivity (Wildman–Crippen MR) is 113 cm³/mol. The topological polar surface area (TPSA) is 144 Å². The van der Waals surface area contributed by atoms with Gasteiger partial charge < -0.3 is 15.7 Å². The average Bonchev–Trinajstić information content (AvgIpc) is 2.74. The molecule has 1 heterocycles. The van der Waals surface area contributed by atoms with Crippen LogP contribution in [0.4, 0.5) is 5.82 Å². The fourth-order valence-corrected chi connectivity index (χ4v) is 4.00. The predicted octanol–water partition coefficient (Wildman–Crippen LogP) is 2.62. The monoisotopic (exact) mass is 423 g/mol. The number of rotatable bonds is 9. The van der Waals surface area contributed by atoms with Gasteiger partial charge in [-0.1, -0.05) is 49.0 Å². The molecular formula is C21H21N5O3S. The van der Waals surface area contributed by atoms with Crippen LogP contribution in [0.15, 0.2) is 35.4 Å². The van der Waals surface area contributed by atoms with E-state index in [4.69, 9.17) is 10.8 Å². The number of amides is 1. The Bertz CT molecular complexity index is 1030. The van der Waals surface area contributed by atoms with Crippen molar-refractivity contribution in [3.63, 3.8) is 0 Å². The van der Waals surface area contributed by atoms with Gasteiger partial charge in [0.15, 0.2) is 0 Å². The zero-order valence-electron chi connectivity index (χ0n) is 16.6. The minimum absolute atomic E-state index is 0.133. The minimum atomic E-state index is -0.975. The van der Waals surface area contributed by atoms with Crippen LogP contribution < -0.4 is 10.6 Å². The van der Waals surface area contributed by atoms with Crippen LogP contribution in [0.1, 0.15) is 40.8 Å². The third-order valence-corrected chi connectivity index (χ3v) is 5.70. The number of carbonyl (C=O) groups excluding carboxylic acids is 1. The van der Waals surface area contributed by atoms with Crippen LogP contribution in [0.25, 0.3) is 0 Å². The van der Waals surface area contributed by atoms with E-state index in [0.717, 1.165) is 11.8 Å². The van der Waals surface area contributed by atoms with Crippen LogP contribution in [0.3, 0.4) is 0 Å². The van der Waals surface area contributed by atoms with E-state index in [9.17, 15) is 20.1 Å². The van der Waals surface area contributed by atoms with E-state index in [1.165, 1.54) is 0 Å². The summed E-state index contributed by atoms with van der Waals surface area (Å²) in [6.07, 6.45) is 0.259. The molecule has 0 aliphatic rings. The summed E-state index contributed by atoms with van der Waals surface area (Å²) in [5.74, 6) is -1.29. The molecule has 1 unspecified atom stereocenters. The molecule has 0 fully saturated rings. The normalized spacial score (nSPS) is 11.2. The summed E-state index contributed by atoms with van der Waals surface area (Å²) in [6.45, 7) is 1.95. The van der Waals surface area contributed by atoms with E-state index in [1.54, 1.807) is 36.2 Å². The van der Waals surface area contributed by atoms with Crippen molar-refractivity contribution >= 4 is 29.5 Å². The Morgan fingerprint density at radius 1 is 1.23 bits per heavy atom. The Labute approximate surface area is 178 Å². The summed E-state index contributed by atoms with van der Waals surface area (Å²) in [4.78, 5) is 29.1. The summed E-state index contributed by atoms with van der Waals surface area (Å²) in [6, 6.07) is 13.1. The molecule has 2 rings (SSSR count). The lowest BCUT2D eigenvalue weighted by Crippen LogP contribution is -2.24. The highest BCUT2D eigenvalue weighted by Gasteiger charge is 2.26. The molecule has 0 bridgehead atoms. The maximum atomic E-state index is 12.1. The molecule has 1 aromatic carbocycles. The first-order valence-electron chi connectivity index (χ1n) is 9.14. The number of hydrogen-bond donors (Lipinski definition) is 2. The second-order valence-corrected chi connectivity index (χ2v) is 7.52. The van der Waals surface area contributed by atoms with Crippen LogP contribution in [0.5, 0.6) is 0 Å². The molecule has 0 saturated carbocycles. The van der Waals surface area contributed by atoms with Crippen LogP contribution in [-0.4, -0.2) is 35.6 Å². The number of carbonyl (C=O) groups is 2. The van der Waals surface area contributed by atoms with Crippen molar-refractivity contribution in [2.45, 2.75) is 30.0 Å². The lowest BCUT2D eigenvalue weighted by molar-refractivity contribution is -0.136. The number of nitrogens with zero attached hydrogens (tertiary/aromatic N) is 4. The van der Waals surface area contributed by atoms with Crippen LogP contribution in [-0.2, 0) is 16.0 Å². The van der Waals surface area contributed by atoms with Crippen LogP contribution in [0, 0.1) is 22.7 Å². The number of thioether (sulfide) groups is 1. The van der Waals surface area contributed by atoms with Gasteiger partial charge in [-0.2, -0.15) is 10.5 Å². The highest BCUT2D eigenvalue weighted by atomic mass is 32.2. The van der Waals surface area contributed by atoms with E-state index < -0.39 is 17.1 Å². The molecule has 0 saturated heterocycles. The van der Waals surface area contributed by atoms with E-state index >= 15 is 0 Å². The second-order valence-electron chi connectivity index (χ2n) is 6.42. The summed E-state index contributed by atoms with van der Waals surface area (Å²) >= 11 is 1.05. The lowest BCUT2D eigenvalue weighted by atomic mass is 10.0. The Hall–Kier alpha value is -3.56. The second kappa shape index (κ2) is 10.3. The maximum Gasteiger partial charge on any atom is 0.305 e. The summed E-state index contributed by atoms with van der Waals surface area (Å²) in [7, 11) is 1.63. The van der Waals surface area contributed by atoms with Crippen molar-refractivity contribution < 1.29 is 14.7 Å². The van der Waals surface area contributed by atoms with Crippen molar-refractivity contribution in [1.82, 2.24) is 4.98 Å². The summed E-state index contributed by atoms with van der Waals surface area (Å²) in [5.41, 5.74) is 7.23. The van der Waals surface area contributed by atoms with Crippen LogP contribution >= 0.6 is 11.8 Å². The van der Waals surface area contributed by atoms with E-state index in [1.807, 2.05) is 13.0 Å². The van der Waals surface area contributed by atoms with Gasteiger partial charge >= 0.3 is 5.97 Å². The zero-order valence-corrected chi connectivity index (χ0v) is 17.4. The number of aliphatic carboxylic acids is 1. The maximum absolute atomic E-state index is 12.1. The molecule has 2 aromatic rings. The zero-order chi connectivity index (χ0) is 22.3. The van der Waals surface area contributed by atoms with Gasteiger partial charge in [-0.05, 0) is 17.5 Å². The first-order chi connectivity index (χ1) is 14.3. The molecule has 1 atom stereocenters. The van der Waals surface area contributed by atoms with Crippen molar-refractivity contribution in [2.75, 3.05) is 18.5 Å². The Morgan fingerprint density at radius 3 is 2.37 bits per heavy atom. The number of anilines is 1. The largest absolute Gasteiger partial charge is 0.481 e. The molecule has 0 spiro atoms. The average molecular weight is 423 g/mol. The number of pyridine rings is 1. The number of aromatic nitrogens is 1. The van der Waals surface area contributed by atoms with Gasteiger partial charge in [-0.15, -0.1) is 0 Å². The molecule has 30 heavy (non-hydrogen) atoms. The fraction of sp³-hybridized carbons (Fsp3) is 0.286. The molecule has 154 valence electrons. The molecule has 0 radical (unpaired) electrons.